The molecule has 0 saturated heterocycles. The van der Waals surface area contributed by atoms with E-state index < -0.39 is 0 Å². The monoisotopic (exact) mass is 566 g/mol. The molecule has 0 bridgehead atoms. The number of hydrogen-bond donors (Lipinski definition) is 0. The van der Waals surface area contributed by atoms with Crippen LogP contribution in [0.2, 0.25) is 0 Å². The minimum Gasteiger partial charge on any atom is -0.310 e. The first-order chi connectivity index (χ1) is 21.3. The second-order valence-electron chi connectivity index (χ2n) is 11.0. The molecule has 0 spiro atoms. The van der Waals surface area contributed by atoms with Crippen molar-refractivity contribution < 1.29 is 0 Å². The van der Waals surface area contributed by atoms with E-state index in [1.165, 1.54) is 58.4 Å². The lowest BCUT2D eigenvalue weighted by atomic mass is 10.1. The molecular formula is C40H26N2S. The summed E-state index contributed by atoms with van der Waals surface area (Å²) < 4.78 is 5.01. The first kappa shape index (κ1) is 24.2. The van der Waals surface area contributed by atoms with Crippen molar-refractivity contribution in [3.8, 4) is 5.69 Å². The van der Waals surface area contributed by atoms with Gasteiger partial charge in [-0.15, -0.1) is 11.3 Å². The van der Waals surface area contributed by atoms with Gasteiger partial charge in [-0.3, -0.25) is 0 Å². The van der Waals surface area contributed by atoms with E-state index in [0.29, 0.717) is 0 Å². The Balaban J connectivity index is 1.34. The summed E-state index contributed by atoms with van der Waals surface area (Å²) in [5.41, 5.74) is 7.01. The van der Waals surface area contributed by atoms with Gasteiger partial charge in [-0.05, 0) is 60.0 Å². The van der Waals surface area contributed by atoms with Gasteiger partial charge in [0, 0.05) is 53.4 Å². The zero-order valence-electron chi connectivity index (χ0n) is 23.3. The molecule has 9 aromatic rings. The van der Waals surface area contributed by atoms with Gasteiger partial charge in [-0.1, -0.05) is 103 Å². The number of hydrogen-bond acceptors (Lipinski definition) is 2. The van der Waals surface area contributed by atoms with Crippen LogP contribution < -0.4 is 4.90 Å². The molecule has 0 radical (unpaired) electrons. The smallest absolute Gasteiger partial charge is 0.0561 e. The Morgan fingerprint density at radius 1 is 0.419 bits per heavy atom. The minimum atomic E-state index is 1.13. The van der Waals surface area contributed by atoms with Crippen LogP contribution in [0.15, 0.2) is 158 Å². The van der Waals surface area contributed by atoms with Gasteiger partial charge in [-0.25, -0.2) is 0 Å². The zero-order valence-corrected chi connectivity index (χ0v) is 24.1. The van der Waals surface area contributed by atoms with E-state index in [2.05, 4.69) is 167 Å². The molecule has 0 fully saturated rings. The molecule has 202 valence electrons. The molecule has 0 aliphatic rings. The number of rotatable bonds is 4. The molecule has 43 heavy (non-hydrogen) atoms. The molecule has 7 aromatic carbocycles. The first-order valence-electron chi connectivity index (χ1n) is 14.6. The van der Waals surface area contributed by atoms with E-state index in [1.54, 1.807) is 0 Å². The number of thiophene rings is 1. The summed E-state index contributed by atoms with van der Waals surface area (Å²) >= 11 is 1.86. The van der Waals surface area contributed by atoms with Crippen LogP contribution in [-0.2, 0) is 0 Å². The number of anilines is 3. The Labute approximate surface area is 253 Å². The van der Waals surface area contributed by atoms with Crippen LogP contribution in [0.5, 0.6) is 0 Å². The average molecular weight is 567 g/mol. The third kappa shape index (κ3) is 3.79. The van der Waals surface area contributed by atoms with E-state index in [4.69, 9.17) is 0 Å². The number of para-hydroxylation sites is 2. The first-order valence-corrected chi connectivity index (χ1v) is 15.4. The molecule has 2 heterocycles. The van der Waals surface area contributed by atoms with Gasteiger partial charge in [-0.2, -0.15) is 0 Å². The van der Waals surface area contributed by atoms with Crippen molar-refractivity contribution in [1.82, 2.24) is 4.57 Å². The summed E-state index contributed by atoms with van der Waals surface area (Å²) in [5.74, 6) is 0. The molecule has 0 unspecified atom stereocenters. The van der Waals surface area contributed by atoms with Gasteiger partial charge >= 0.3 is 0 Å². The van der Waals surface area contributed by atoms with Crippen molar-refractivity contribution in [2.24, 2.45) is 0 Å². The highest BCUT2D eigenvalue weighted by Gasteiger charge is 2.19. The molecule has 0 aliphatic carbocycles. The molecule has 9 rings (SSSR count). The molecule has 0 atom stereocenters. The molecule has 0 aliphatic heterocycles. The average Bonchev–Trinajstić information content (AvgIpc) is 3.60. The van der Waals surface area contributed by atoms with Crippen molar-refractivity contribution in [2.75, 3.05) is 4.90 Å². The van der Waals surface area contributed by atoms with Crippen LogP contribution in [0.4, 0.5) is 17.1 Å². The van der Waals surface area contributed by atoms with Gasteiger partial charge in [0.05, 0.1) is 16.7 Å². The van der Waals surface area contributed by atoms with Crippen LogP contribution in [0, 0.1) is 0 Å². The van der Waals surface area contributed by atoms with Crippen molar-refractivity contribution >= 4 is 81.1 Å². The second-order valence-corrected chi connectivity index (χ2v) is 12.1. The number of aromatic nitrogens is 1. The molecule has 3 heteroatoms. The zero-order chi connectivity index (χ0) is 28.3. The van der Waals surface area contributed by atoms with Gasteiger partial charge in [0.25, 0.3) is 0 Å². The fraction of sp³-hybridized carbons (Fsp3) is 0. The molecular weight excluding hydrogens is 541 g/mol. The number of fused-ring (bicyclic) bond motifs is 7. The largest absolute Gasteiger partial charge is 0.310 e. The van der Waals surface area contributed by atoms with Crippen molar-refractivity contribution in [3.05, 3.63) is 158 Å². The fourth-order valence-corrected chi connectivity index (χ4v) is 7.78. The topological polar surface area (TPSA) is 8.17 Å². The van der Waals surface area contributed by atoms with Crippen LogP contribution >= 0.6 is 11.3 Å². The predicted octanol–water partition coefficient (Wildman–Crippen LogP) is 11.8. The van der Waals surface area contributed by atoms with Crippen molar-refractivity contribution in [1.29, 1.82) is 0 Å². The van der Waals surface area contributed by atoms with Crippen molar-refractivity contribution in [3.63, 3.8) is 0 Å². The van der Waals surface area contributed by atoms with Crippen LogP contribution in [0.3, 0.4) is 0 Å². The summed E-state index contributed by atoms with van der Waals surface area (Å²) in [5, 5.41) is 7.59. The lowest BCUT2D eigenvalue weighted by Gasteiger charge is -2.27. The highest BCUT2D eigenvalue weighted by Crippen LogP contribution is 2.44. The van der Waals surface area contributed by atoms with E-state index in [9.17, 15) is 0 Å². The fourth-order valence-electron chi connectivity index (χ4n) is 6.64. The summed E-state index contributed by atoms with van der Waals surface area (Å²) in [6.07, 6.45) is 0. The third-order valence-electron chi connectivity index (χ3n) is 8.56. The quantitative estimate of drug-likeness (QED) is 0.206. The van der Waals surface area contributed by atoms with E-state index >= 15 is 0 Å². The standard InChI is InChI=1S/C40H26N2S/c1-2-13-28(14-3-1)42-37-18-8-6-16-32(37)33-23-21-29(25-38(33)42)41(36-19-10-12-27-11-4-5-15-31(27)36)30-22-24-35-34-17-7-9-20-39(34)43-40(35)26-30/h1-26H. The highest BCUT2D eigenvalue weighted by atomic mass is 32.1. The van der Waals surface area contributed by atoms with Gasteiger partial charge in [0.2, 0.25) is 0 Å². The van der Waals surface area contributed by atoms with Crippen LogP contribution in [0.25, 0.3) is 58.4 Å². The predicted molar refractivity (Wildman–Crippen MR) is 186 cm³/mol. The number of benzene rings is 7. The molecule has 0 saturated carbocycles. The highest BCUT2D eigenvalue weighted by molar-refractivity contribution is 7.25. The summed E-state index contributed by atoms with van der Waals surface area (Å²) in [6.45, 7) is 0. The molecule has 2 nitrogen and oxygen atoms in total. The van der Waals surface area contributed by atoms with Gasteiger partial charge in [0.15, 0.2) is 0 Å². The Bertz CT molecular complexity index is 2460. The van der Waals surface area contributed by atoms with Crippen LogP contribution in [0.1, 0.15) is 0 Å². The van der Waals surface area contributed by atoms with E-state index in [-0.39, 0.29) is 0 Å². The Kier molecular flexibility index (Phi) is 5.40. The molecule has 2 aromatic heterocycles. The Morgan fingerprint density at radius 3 is 1.93 bits per heavy atom. The van der Waals surface area contributed by atoms with Crippen molar-refractivity contribution in [2.45, 2.75) is 0 Å². The lowest BCUT2D eigenvalue weighted by molar-refractivity contribution is 1.18. The van der Waals surface area contributed by atoms with Crippen LogP contribution in [-0.4, -0.2) is 4.57 Å². The van der Waals surface area contributed by atoms with E-state index in [1.807, 2.05) is 11.3 Å². The molecule has 0 amide bonds. The second kappa shape index (κ2) is 9.59. The maximum atomic E-state index is 2.43. The normalized spacial score (nSPS) is 11.7. The van der Waals surface area contributed by atoms with Gasteiger partial charge in [0.1, 0.15) is 0 Å². The summed E-state index contributed by atoms with van der Waals surface area (Å²) in [4.78, 5) is 2.43. The maximum Gasteiger partial charge on any atom is 0.0561 e. The lowest BCUT2D eigenvalue weighted by Crippen LogP contribution is -2.10. The minimum absolute atomic E-state index is 1.13. The van der Waals surface area contributed by atoms with Gasteiger partial charge < -0.3 is 9.47 Å². The molecule has 0 N–H and O–H groups in total. The summed E-state index contributed by atoms with van der Waals surface area (Å²) in [7, 11) is 0. The van der Waals surface area contributed by atoms with E-state index in [0.717, 1.165) is 17.1 Å². The SMILES string of the molecule is c1ccc(-n2c3ccccc3c3ccc(N(c4ccc5c(c4)sc4ccccc45)c4cccc5ccccc45)cc32)cc1. The third-order valence-corrected chi connectivity index (χ3v) is 9.69. The summed E-state index contributed by atoms with van der Waals surface area (Å²) in [6, 6.07) is 57.3. The number of nitrogens with zero attached hydrogens (tertiary/aromatic N) is 2. The maximum absolute atomic E-state index is 2.43. The Hall–Kier alpha value is -5.38. The Morgan fingerprint density at radius 2 is 1.05 bits per heavy atom.